The Morgan fingerprint density at radius 3 is 2.81 bits per heavy atom. The van der Waals surface area contributed by atoms with Crippen LogP contribution < -0.4 is 9.47 Å². The monoisotopic (exact) mass is 371 g/mol. The first kappa shape index (κ1) is 18.4. The van der Waals surface area contributed by atoms with Crippen LogP contribution in [0.2, 0.25) is 0 Å². The van der Waals surface area contributed by atoms with Crippen LogP contribution in [-0.4, -0.2) is 41.7 Å². The molecule has 3 aromatic rings. The lowest BCUT2D eigenvalue weighted by molar-refractivity contribution is -0.132. The van der Waals surface area contributed by atoms with Gasteiger partial charge >= 0.3 is 0 Å². The van der Waals surface area contributed by atoms with Crippen molar-refractivity contribution >= 4 is 5.91 Å². The van der Waals surface area contributed by atoms with Crippen LogP contribution in [0.3, 0.4) is 0 Å². The predicted molar refractivity (Wildman–Crippen MR) is 94.7 cm³/mol. The highest BCUT2D eigenvalue weighted by Gasteiger charge is 2.16. The van der Waals surface area contributed by atoms with Crippen LogP contribution in [-0.2, 0) is 11.3 Å². The summed E-state index contributed by atoms with van der Waals surface area (Å²) >= 11 is 0. The standard InChI is InChI=1S/C19H18FN3O4/c1-23(18(24)12-26-16-9-4-3-8-15(16)20)11-17-21-19(22-27-17)13-6-5-7-14(10-13)25-2/h3-10H,11-12H2,1-2H3. The van der Waals surface area contributed by atoms with Crippen molar-refractivity contribution in [3.8, 4) is 22.9 Å². The highest BCUT2D eigenvalue weighted by atomic mass is 19.1. The van der Waals surface area contributed by atoms with E-state index in [9.17, 15) is 9.18 Å². The van der Waals surface area contributed by atoms with Crippen LogP contribution >= 0.6 is 0 Å². The number of carbonyl (C=O) groups excluding carboxylic acids is 1. The summed E-state index contributed by atoms with van der Waals surface area (Å²) < 4.78 is 29.1. The van der Waals surface area contributed by atoms with Crippen molar-refractivity contribution in [2.45, 2.75) is 6.54 Å². The minimum absolute atomic E-state index is 0.0253. The number of halogens is 1. The number of carbonyl (C=O) groups is 1. The zero-order valence-corrected chi connectivity index (χ0v) is 14.9. The lowest BCUT2D eigenvalue weighted by Crippen LogP contribution is -2.31. The Balaban J connectivity index is 1.59. The fourth-order valence-electron chi connectivity index (χ4n) is 2.30. The van der Waals surface area contributed by atoms with Crippen LogP contribution in [0.15, 0.2) is 53.1 Å². The van der Waals surface area contributed by atoms with Crippen molar-refractivity contribution < 1.29 is 23.2 Å². The summed E-state index contributed by atoms with van der Waals surface area (Å²) in [5.41, 5.74) is 0.737. The van der Waals surface area contributed by atoms with Gasteiger partial charge in [-0.1, -0.05) is 29.4 Å². The van der Waals surface area contributed by atoms with E-state index in [1.807, 2.05) is 18.2 Å². The third-order valence-electron chi connectivity index (χ3n) is 3.78. The highest BCUT2D eigenvalue weighted by molar-refractivity contribution is 5.77. The summed E-state index contributed by atoms with van der Waals surface area (Å²) in [6.45, 7) is -0.190. The molecule has 1 heterocycles. The van der Waals surface area contributed by atoms with Crippen LogP contribution in [0, 0.1) is 5.82 Å². The molecular weight excluding hydrogens is 353 g/mol. The zero-order chi connectivity index (χ0) is 19.2. The molecule has 2 aromatic carbocycles. The molecule has 0 radical (unpaired) electrons. The molecule has 140 valence electrons. The fourth-order valence-corrected chi connectivity index (χ4v) is 2.30. The Bertz CT molecular complexity index is 929. The topological polar surface area (TPSA) is 77.7 Å². The van der Waals surface area contributed by atoms with Gasteiger partial charge < -0.3 is 18.9 Å². The third kappa shape index (κ3) is 4.60. The number of aromatic nitrogens is 2. The van der Waals surface area contributed by atoms with Gasteiger partial charge in [-0.25, -0.2) is 4.39 Å². The van der Waals surface area contributed by atoms with E-state index in [1.54, 1.807) is 32.4 Å². The van der Waals surface area contributed by atoms with Gasteiger partial charge in [0.15, 0.2) is 18.2 Å². The first-order valence-electron chi connectivity index (χ1n) is 8.15. The first-order chi connectivity index (χ1) is 13.1. The normalized spacial score (nSPS) is 10.5. The Morgan fingerprint density at radius 1 is 1.22 bits per heavy atom. The molecule has 3 rings (SSSR count). The maximum absolute atomic E-state index is 13.5. The number of para-hydroxylation sites is 1. The highest BCUT2D eigenvalue weighted by Crippen LogP contribution is 2.21. The summed E-state index contributed by atoms with van der Waals surface area (Å²) in [4.78, 5) is 17.8. The Morgan fingerprint density at radius 2 is 2.04 bits per heavy atom. The minimum atomic E-state index is -0.521. The van der Waals surface area contributed by atoms with E-state index in [0.717, 1.165) is 5.56 Å². The molecule has 0 aliphatic rings. The molecule has 8 heteroatoms. The third-order valence-corrected chi connectivity index (χ3v) is 3.78. The van der Waals surface area contributed by atoms with Gasteiger partial charge in [-0.05, 0) is 24.3 Å². The number of hydrogen-bond acceptors (Lipinski definition) is 6. The second kappa shape index (κ2) is 8.31. The number of nitrogens with zero attached hydrogens (tertiary/aromatic N) is 3. The summed E-state index contributed by atoms with van der Waals surface area (Å²) in [6, 6.07) is 13.1. The molecular formula is C19H18FN3O4. The molecule has 0 unspecified atom stereocenters. The Hall–Kier alpha value is -3.42. The molecule has 1 amide bonds. The number of likely N-dealkylation sites (N-methyl/N-ethyl adjacent to an activating group) is 1. The van der Waals surface area contributed by atoms with Gasteiger partial charge in [0.1, 0.15) is 5.75 Å². The number of rotatable bonds is 7. The maximum Gasteiger partial charge on any atom is 0.260 e. The lowest BCUT2D eigenvalue weighted by atomic mass is 10.2. The van der Waals surface area contributed by atoms with E-state index < -0.39 is 5.82 Å². The number of amides is 1. The molecule has 0 saturated heterocycles. The number of ether oxygens (including phenoxy) is 2. The molecule has 27 heavy (non-hydrogen) atoms. The second-order valence-electron chi connectivity index (χ2n) is 5.71. The van der Waals surface area contributed by atoms with Crippen LogP contribution in [0.25, 0.3) is 11.4 Å². The molecule has 0 aliphatic heterocycles. The first-order valence-corrected chi connectivity index (χ1v) is 8.15. The summed E-state index contributed by atoms with van der Waals surface area (Å²) in [6.07, 6.45) is 0. The summed E-state index contributed by atoms with van der Waals surface area (Å²) in [7, 11) is 3.15. The van der Waals surface area contributed by atoms with E-state index in [1.165, 1.54) is 17.0 Å². The number of hydrogen-bond donors (Lipinski definition) is 0. The summed E-state index contributed by atoms with van der Waals surface area (Å²) in [5, 5.41) is 3.92. The molecule has 0 bridgehead atoms. The van der Waals surface area contributed by atoms with E-state index in [4.69, 9.17) is 14.0 Å². The van der Waals surface area contributed by atoms with Gasteiger partial charge in [-0.2, -0.15) is 4.98 Å². The smallest absolute Gasteiger partial charge is 0.260 e. The van der Waals surface area contributed by atoms with Gasteiger partial charge in [0.25, 0.3) is 5.91 Å². The van der Waals surface area contributed by atoms with Crippen LogP contribution in [0.5, 0.6) is 11.5 Å². The van der Waals surface area contributed by atoms with Crippen molar-refractivity contribution in [1.29, 1.82) is 0 Å². The molecule has 1 aromatic heterocycles. The number of methoxy groups -OCH3 is 1. The fraction of sp³-hybridized carbons (Fsp3) is 0.211. The Kier molecular flexibility index (Phi) is 5.65. The van der Waals surface area contributed by atoms with E-state index in [-0.39, 0.29) is 30.7 Å². The van der Waals surface area contributed by atoms with Crippen molar-refractivity contribution in [1.82, 2.24) is 15.0 Å². The summed E-state index contributed by atoms with van der Waals surface area (Å²) in [5.74, 6) is 0.503. The molecule has 0 atom stereocenters. The molecule has 0 N–H and O–H groups in total. The second-order valence-corrected chi connectivity index (χ2v) is 5.71. The largest absolute Gasteiger partial charge is 0.497 e. The van der Waals surface area contributed by atoms with E-state index >= 15 is 0 Å². The van der Waals surface area contributed by atoms with E-state index in [0.29, 0.717) is 11.6 Å². The molecule has 0 aliphatic carbocycles. The van der Waals surface area contributed by atoms with Gasteiger partial charge in [-0.3, -0.25) is 4.79 Å². The van der Waals surface area contributed by atoms with Crippen molar-refractivity contribution in [2.75, 3.05) is 20.8 Å². The van der Waals surface area contributed by atoms with Gasteiger partial charge in [-0.15, -0.1) is 0 Å². The van der Waals surface area contributed by atoms with Crippen LogP contribution in [0.1, 0.15) is 5.89 Å². The zero-order valence-electron chi connectivity index (χ0n) is 14.9. The average Bonchev–Trinajstić information content (AvgIpc) is 3.15. The lowest BCUT2D eigenvalue weighted by Gasteiger charge is -2.15. The molecule has 0 spiro atoms. The number of benzene rings is 2. The minimum Gasteiger partial charge on any atom is -0.497 e. The quantitative estimate of drug-likeness (QED) is 0.636. The molecule has 0 saturated carbocycles. The maximum atomic E-state index is 13.5. The molecule has 7 nitrogen and oxygen atoms in total. The van der Waals surface area contributed by atoms with E-state index in [2.05, 4.69) is 10.1 Å². The van der Waals surface area contributed by atoms with Gasteiger partial charge in [0.2, 0.25) is 11.7 Å². The van der Waals surface area contributed by atoms with Crippen molar-refractivity contribution in [3.63, 3.8) is 0 Å². The average molecular weight is 371 g/mol. The van der Waals surface area contributed by atoms with Crippen molar-refractivity contribution in [3.05, 3.63) is 60.2 Å². The van der Waals surface area contributed by atoms with Gasteiger partial charge in [0.05, 0.1) is 13.7 Å². The van der Waals surface area contributed by atoms with Crippen molar-refractivity contribution in [2.24, 2.45) is 0 Å². The van der Waals surface area contributed by atoms with Crippen LogP contribution in [0.4, 0.5) is 4.39 Å². The SMILES string of the molecule is COc1cccc(-c2noc(CN(C)C(=O)COc3ccccc3F)n2)c1. The Labute approximate surface area is 155 Å². The molecule has 0 fully saturated rings. The van der Waals surface area contributed by atoms with Gasteiger partial charge in [0, 0.05) is 12.6 Å². The predicted octanol–water partition coefficient (Wildman–Crippen LogP) is 2.92.